The summed E-state index contributed by atoms with van der Waals surface area (Å²) in [5.74, 6) is 3.02. The van der Waals surface area contributed by atoms with Gasteiger partial charge in [0.15, 0.2) is 0 Å². The third-order valence-corrected chi connectivity index (χ3v) is 4.99. The number of likely N-dealkylation sites (tertiary alicyclic amines) is 2. The molecule has 2 heterocycles. The predicted molar refractivity (Wildman–Crippen MR) is 67.5 cm³/mol. The zero-order chi connectivity index (χ0) is 11.0. The normalized spacial score (nSPS) is 38.1. The van der Waals surface area contributed by atoms with Gasteiger partial charge in [-0.25, -0.2) is 0 Å². The first-order valence-electron chi connectivity index (χ1n) is 7.22. The van der Waals surface area contributed by atoms with Gasteiger partial charge in [-0.3, -0.25) is 0 Å². The van der Waals surface area contributed by atoms with Gasteiger partial charge in [0.1, 0.15) is 0 Å². The van der Waals surface area contributed by atoms with E-state index in [1.165, 1.54) is 64.8 Å². The maximum atomic E-state index is 2.78. The van der Waals surface area contributed by atoms with Crippen molar-refractivity contribution >= 4 is 0 Å². The van der Waals surface area contributed by atoms with Gasteiger partial charge in [0.2, 0.25) is 0 Å². The third kappa shape index (κ3) is 2.28. The minimum absolute atomic E-state index is 0.994. The van der Waals surface area contributed by atoms with Gasteiger partial charge in [-0.1, -0.05) is 19.3 Å². The van der Waals surface area contributed by atoms with Crippen molar-refractivity contribution in [2.75, 3.05) is 39.8 Å². The summed E-state index contributed by atoms with van der Waals surface area (Å²) in [6.07, 6.45) is 7.49. The molecule has 0 aromatic rings. The van der Waals surface area contributed by atoms with E-state index in [9.17, 15) is 0 Å². The summed E-state index contributed by atoms with van der Waals surface area (Å²) in [6.45, 7) is 6.91. The van der Waals surface area contributed by atoms with Crippen LogP contribution in [0.3, 0.4) is 0 Å². The van der Waals surface area contributed by atoms with Gasteiger partial charge < -0.3 is 9.80 Å². The first-order valence-corrected chi connectivity index (χ1v) is 7.22. The summed E-state index contributed by atoms with van der Waals surface area (Å²) in [5, 5.41) is 0. The molecule has 2 aliphatic heterocycles. The van der Waals surface area contributed by atoms with Crippen LogP contribution in [-0.4, -0.2) is 49.6 Å². The van der Waals surface area contributed by atoms with Crippen LogP contribution in [0.4, 0.5) is 0 Å². The number of fused-ring (bicyclic) bond motifs is 1. The van der Waals surface area contributed by atoms with Crippen molar-refractivity contribution in [1.29, 1.82) is 0 Å². The number of hydrogen-bond acceptors (Lipinski definition) is 2. The molecule has 0 spiro atoms. The molecule has 0 amide bonds. The van der Waals surface area contributed by atoms with Gasteiger partial charge in [-0.2, -0.15) is 0 Å². The molecule has 0 radical (unpaired) electrons. The zero-order valence-electron chi connectivity index (χ0n) is 10.7. The van der Waals surface area contributed by atoms with Crippen molar-refractivity contribution < 1.29 is 0 Å². The summed E-state index contributed by atoms with van der Waals surface area (Å²) in [7, 11) is 2.28. The Bertz CT molecular complexity index is 221. The summed E-state index contributed by atoms with van der Waals surface area (Å²) in [6, 6.07) is 0. The highest BCUT2D eigenvalue weighted by Crippen LogP contribution is 2.32. The minimum Gasteiger partial charge on any atom is -0.306 e. The Balaban J connectivity index is 1.47. The number of rotatable bonds is 2. The van der Waals surface area contributed by atoms with E-state index in [0.29, 0.717) is 0 Å². The maximum absolute atomic E-state index is 2.78. The van der Waals surface area contributed by atoms with E-state index in [4.69, 9.17) is 0 Å². The Kier molecular flexibility index (Phi) is 3.21. The summed E-state index contributed by atoms with van der Waals surface area (Å²) < 4.78 is 0. The van der Waals surface area contributed by atoms with Crippen LogP contribution in [0.25, 0.3) is 0 Å². The second-order valence-corrected chi connectivity index (χ2v) is 6.46. The lowest BCUT2D eigenvalue weighted by Crippen LogP contribution is -2.31. The zero-order valence-corrected chi connectivity index (χ0v) is 10.7. The van der Waals surface area contributed by atoms with Crippen LogP contribution in [0.1, 0.15) is 32.1 Å². The Hall–Kier alpha value is -0.0800. The molecule has 2 atom stereocenters. The largest absolute Gasteiger partial charge is 0.306 e. The van der Waals surface area contributed by atoms with Gasteiger partial charge >= 0.3 is 0 Å². The SMILES string of the molecule is CN1C[C@@H]2CN(CC3CCCCC3)C[C@@H]2C1. The standard InChI is InChI=1S/C14H26N2/c1-15-8-13-10-16(11-14(13)9-15)7-12-5-3-2-4-6-12/h12-14H,2-11H2,1H3/t13-,14+. The van der Waals surface area contributed by atoms with Crippen LogP contribution in [-0.2, 0) is 0 Å². The van der Waals surface area contributed by atoms with Crippen LogP contribution in [0.2, 0.25) is 0 Å². The molecular weight excluding hydrogens is 196 g/mol. The molecule has 0 aromatic carbocycles. The van der Waals surface area contributed by atoms with Crippen LogP contribution in [0, 0.1) is 17.8 Å². The van der Waals surface area contributed by atoms with E-state index in [-0.39, 0.29) is 0 Å². The second kappa shape index (κ2) is 4.66. The fraction of sp³-hybridized carbons (Fsp3) is 1.00. The molecule has 0 unspecified atom stereocenters. The quantitative estimate of drug-likeness (QED) is 0.705. The molecule has 2 heteroatoms. The van der Waals surface area contributed by atoms with Crippen molar-refractivity contribution in [2.45, 2.75) is 32.1 Å². The Morgan fingerprint density at radius 3 is 2.12 bits per heavy atom. The van der Waals surface area contributed by atoms with Gasteiger partial charge in [0.25, 0.3) is 0 Å². The molecule has 16 heavy (non-hydrogen) atoms. The molecule has 3 aliphatic rings. The van der Waals surface area contributed by atoms with Crippen LogP contribution in [0.5, 0.6) is 0 Å². The van der Waals surface area contributed by atoms with E-state index in [0.717, 1.165) is 17.8 Å². The molecule has 3 rings (SSSR count). The molecule has 92 valence electrons. The summed E-state index contributed by atoms with van der Waals surface area (Å²) >= 11 is 0. The Labute approximate surface area is 100.0 Å². The van der Waals surface area contributed by atoms with Gasteiger partial charge in [0, 0.05) is 32.7 Å². The van der Waals surface area contributed by atoms with Crippen LogP contribution < -0.4 is 0 Å². The van der Waals surface area contributed by atoms with E-state index >= 15 is 0 Å². The second-order valence-electron chi connectivity index (χ2n) is 6.46. The Morgan fingerprint density at radius 2 is 1.50 bits per heavy atom. The lowest BCUT2D eigenvalue weighted by Gasteiger charge is -2.27. The Morgan fingerprint density at radius 1 is 0.875 bits per heavy atom. The highest BCUT2D eigenvalue weighted by atomic mass is 15.2. The molecular formula is C14H26N2. The third-order valence-electron chi connectivity index (χ3n) is 4.99. The highest BCUT2D eigenvalue weighted by molar-refractivity contribution is 4.92. The molecule has 1 saturated carbocycles. The summed E-state index contributed by atoms with van der Waals surface area (Å²) in [5.41, 5.74) is 0. The molecule has 2 saturated heterocycles. The fourth-order valence-corrected chi connectivity index (χ4v) is 4.21. The van der Waals surface area contributed by atoms with Gasteiger partial charge in [-0.05, 0) is 37.6 Å². The molecule has 0 bridgehead atoms. The highest BCUT2D eigenvalue weighted by Gasteiger charge is 2.38. The lowest BCUT2D eigenvalue weighted by atomic mass is 9.89. The average Bonchev–Trinajstić information content (AvgIpc) is 2.76. The first kappa shape index (κ1) is 11.0. The summed E-state index contributed by atoms with van der Waals surface area (Å²) in [4.78, 5) is 5.30. The predicted octanol–water partition coefficient (Wildman–Crippen LogP) is 2.06. The molecule has 0 N–H and O–H groups in total. The number of nitrogens with zero attached hydrogens (tertiary/aromatic N) is 2. The van der Waals surface area contributed by atoms with Crippen molar-refractivity contribution in [1.82, 2.24) is 9.80 Å². The maximum Gasteiger partial charge on any atom is 0.00258 e. The van der Waals surface area contributed by atoms with Crippen molar-refractivity contribution in [3.63, 3.8) is 0 Å². The average molecular weight is 222 g/mol. The van der Waals surface area contributed by atoms with E-state index in [2.05, 4.69) is 16.8 Å². The molecule has 3 fully saturated rings. The van der Waals surface area contributed by atoms with Crippen molar-refractivity contribution in [3.8, 4) is 0 Å². The van der Waals surface area contributed by atoms with E-state index in [1.54, 1.807) is 0 Å². The van der Waals surface area contributed by atoms with Crippen LogP contribution in [0.15, 0.2) is 0 Å². The molecule has 1 aliphatic carbocycles. The lowest BCUT2D eigenvalue weighted by molar-refractivity contribution is 0.212. The minimum atomic E-state index is 0.994. The molecule has 2 nitrogen and oxygen atoms in total. The molecule has 0 aromatic heterocycles. The fourth-order valence-electron chi connectivity index (χ4n) is 4.21. The van der Waals surface area contributed by atoms with Crippen LogP contribution >= 0.6 is 0 Å². The smallest absolute Gasteiger partial charge is 0.00258 e. The van der Waals surface area contributed by atoms with Gasteiger partial charge in [0.05, 0.1) is 0 Å². The van der Waals surface area contributed by atoms with Crippen molar-refractivity contribution in [2.24, 2.45) is 17.8 Å². The first-order chi connectivity index (χ1) is 7.81. The van der Waals surface area contributed by atoms with E-state index in [1.807, 2.05) is 0 Å². The topological polar surface area (TPSA) is 6.48 Å². The van der Waals surface area contributed by atoms with Gasteiger partial charge in [-0.15, -0.1) is 0 Å². The monoisotopic (exact) mass is 222 g/mol. The van der Waals surface area contributed by atoms with Crippen molar-refractivity contribution in [3.05, 3.63) is 0 Å². The number of hydrogen-bond donors (Lipinski definition) is 0. The van der Waals surface area contributed by atoms with E-state index < -0.39 is 0 Å².